The van der Waals surface area contributed by atoms with E-state index in [1.165, 1.54) is 51.4 Å². The molecule has 10 nitrogen and oxygen atoms in total. The number of nitrogens with two attached hydrogens (primary N) is 1. The molecule has 1 fully saturated rings. The van der Waals surface area contributed by atoms with Crippen molar-refractivity contribution in [3.8, 4) is 130 Å². The van der Waals surface area contributed by atoms with E-state index in [2.05, 4.69) is 142 Å². The average molecular weight is 901 g/mol. The van der Waals surface area contributed by atoms with E-state index >= 15 is 0 Å². The monoisotopic (exact) mass is 900 g/mol. The van der Waals surface area contributed by atoms with Crippen LogP contribution in [0.2, 0.25) is 0 Å². The highest BCUT2D eigenvalue weighted by Gasteiger charge is 2.44. The first-order valence-electron chi connectivity index (χ1n) is 22.4. The second-order valence-corrected chi connectivity index (χ2v) is 15.9. The molecule has 65 heavy (non-hydrogen) atoms. The molecule has 8 N–H and O–H groups in total. The number of nitrogens with one attached hydrogen (secondary N) is 1. The van der Waals surface area contributed by atoms with E-state index in [1.807, 2.05) is 0 Å². The first kappa shape index (κ1) is 57.7. The van der Waals surface area contributed by atoms with Crippen molar-refractivity contribution in [2.45, 2.75) is 171 Å². The third kappa shape index (κ3) is 31.2. The molecule has 11 heteroatoms. The van der Waals surface area contributed by atoms with Gasteiger partial charge in [-0.15, -0.1) is 11.8 Å². The number of hydrogen-bond acceptors (Lipinski definition) is 10. The minimum absolute atomic E-state index is 0.00502. The van der Waals surface area contributed by atoms with Crippen molar-refractivity contribution >= 4 is 17.7 Å². The lowest BCUT2D eigenvalue weighted by atomic mass is 9.99. The van der Waals surface area contributed by atoms with E-state index in [4.69, 9.17) is 15.2 Å². The first-order valence-corrected chi connectivity index (χ1v) is 23.5. The number of aliphatic hydroxyl groups is 5. The average Bonchev–Trinajstić information content (AvgIpc) is 3.30. The first-order chi connectivity index (χ1) is 31.8. The fraction of sp³-hybridized carbons (Fsp3) is 0.574. The summed E-state index contributed by atoms with van der Waals surface area (Å²) in [7, 11) is 0. The van der Waals surface area contributed by atoms with Crippen LogP contribution < -0.4 is 11.1 Å². The summed E-state index contributed by atoms with van der Waals surface area (Å²) in [6, 6.07) is -1.02. The van der Waals surface area contributed by atoms with Gasteiger partial charge in [0.15, 0.2) is 0 Å². The Balaban J connectivity index is 2.85. The van der Waals surface area contributed by atoms with E-state index < -0.39 is 54.0 Å². The fourth-order valence-corrected chi connectivity index (χ4v) is 7.33. The van der Waals surface area contributed by atoms with Gasteiger partial charge in [0.25, 0.3) is 5.91 Å². The van der Waals surface area contributed by atoms with Crippen LogP contribution in [0.5, 0.6) is 0 Å². The molecule has 1 heterocycles. The van der Waals surface area contributed by atoms with Gasteiger partial charge in [-0.2, -0.15) is 0 Å². The third-order valence-corrected chi connectivity index (χ3v) is 10.9. The molecule has 0 aromatic heterocycles. The van der Waals surface area contributed by atoms with Gasteiger partial charge in [-0.1, -0.05) is 103 Å². The molecule has 5 unspecified atom stereocenters. The van der Waals surface area contributed by atoms with Crippen molar-refractivity contribution < 1.29 is 39.8 Å². The summed E-state index contributed by atoms with van der Waals surface area (Å²) < 4.78 is 11.7. The van der Waals surface area contributed by atoms with Crippen LogP contribution in [0.1, 0.15) is 123 Å². The predicted octanol–water partition coefficient (Wildman–Crippen LogP) is 3.42. The normalized spacial score (nSPS) is 17.6. The van der Waals surface area contributed by atoms with Crippen LogP contribution in [0.4, 0.5) is 0 Å². The molecule has 0 spiro atoms. The zero-order chi connectivity index (χ0) is 47.4. The third-order valence-electron chi connectivity index (χ3n) is 9.60. The predicted molar refractivity (Wildman–Crippen MR) is 258 cm³/mol. The number of carbonyl (C=O) groups is 1. The molecule has 1 aliphatic rings. The number of ether oxygens (including phenoxy) is 2. The highest BCUT2D eigenvalue weighted by molar-refractivity contribution is 7.99. The summed E-state index contributed by atoms with van der Waals surface area (Å²) in [4.78, 5) is 12.9. The van der Waals surface area contributed by atoms with Gasteiger partial charge in [0, 0.05) is 42.0 Å². The fourth-order valence-electron chi connectivity index (χ4n) is 6.07. The van der Waals surface area contributed by atoms with Crippen LogP contribution in [0, 0.1) is 130 Å². The molecule has 0 aromatic rings. The maximum Gasteiger partial charge on any atom is 0.297 e. The second-order valence-electron chi connectivity index (χ2n) is 14.8. The summed E-state index contributed by atoms with van der Waals surface area (Å²) in [6.45, 7) is 4.97. The molecule has 1 aliphatic heterocycles. The standard InChI is InChI=1S/C54H64N2O8S/c1-3-5-7-9-11-13-15-17-18-19-20-21-22-23-24-25-27-29-31-33-37-41-49(58)56-46(50(59)47(57)40-36-32-30-28-26-16-14-12-10-8-6-4-2)45-65-54-53(62)52(61)51(60)48(64-54)44-63-43-39-35-34-38-42-55/h46-48,50-54,57,59-62H,4,6,8,10,12,14,16,26,28,30,32,34-36,38-40,42-45,55H2,1-2H3,(H,56,58)/t46-,47+,48?,50-,51?,52?,53?,54?/m0/s1. The highest BCUT2D eigenvalue weighted by Crippen LogP contribution is 2.30. The van der Waals surface area contributed by atoms with Gasteiger partial charge >= 0.3 is 0 Å². The van der Waals surface area contributed by atoms with Crippen LogP contribution in [-0.4, -0.2) is 105 Å². The Bertz CT molecular complexity index is 2130. The second kappa shape index (κ2) is 41.4. The van der Waals surface area contributed by atoms with Crippen molar-refractivity contribution in [1.82, 2.24) is 5.32 Å². The van der Waals surface area contributed by atoms with E-state index in [-0.39, 0.29) is 12.4 Å². The topological polar surface area (TPSA) is 175 Å². The van der Waals surface area contributed by atoms with Gasteiger partial charge in [-0.25, -0.2) is 0 Å². The number of carbonyl (C=O) groups excluding carboxylic acids is 1. The molecule has 0 aromatic carbocycles. The Kier molecular flexibility index (Phi) is 36.7. The molecule has 8 atom stereocenters. The molecule has 0 aliphatic carbocycles. The van der Waals surface area contributed by atoms with E-state index in [9.17, 15) is 30.3 Å². The maximum atomic E-state index is 12.9. The van der Waals surface area contributed by atoms with Gasteiger partial charge in [0.2, 0.25) is 0 Å². The zero-order valence-corrected chi connectivity index (χ0v) is 38.7. The lowest BCUT2D eigenvalue weighted by Gasteiger charge is -2.40. The molecular weight excluding hydrogens is 837 g/mol. The van der Waals surface area contributed by atoms with Crippen molar-refractivity contribution in [2.75, 3.05) is 25.5 Å². The van der Waals surface area contributed by atoms with Crippen LogP contribution >= 0.6 is 11.8 Å². The molecular formula is C54H64N2O8S. The van der Waals surface area contributed by atoms with Gasteiger partial charge in [0.05, 0.1) is 18.8 Å². The lowest BCUT2D eigenvalue weighted by molar-refractivity contribution is -0.209. The Morgan fingerprint density at radius 3 is 1.55 bits per heavy atom. The number of unbranched alkanes of at least 4 members (excludes halogenated alkanes) is 14. The summed E-state index contributed by atoms with van der Waals surface area (Å²) >= 11 is 1.02. The summed E-state index contributed by atoms with van der Waals surface area (Å²) in [5.41, 5.74) is 4.51. The molecule has 0 saturated carbocycles. The Morgan fingerprint density at radius 2 is 1.06 bits per heavy atom. The zero-order valence-electron chi connectivity index (χ0n) is 37.9. The number of thioether (sulfide) groups is 1. The number of amides is 1. The number of rotatable bonds is 27. The largest absolute Gasteiger partial charge is 0.390 e. The van der Waals surface area contributed by atoms with E-state index in [0.29, 0.717) is 26.0 Å². The quantitative estimate of drug-likeness (QED) is 0.0479. The number of aliphatic hydroxyl groups excluding tert-OH is 5. The molecule has 344 valence electrons. The van der Waals surface area contributed by atoms with E-state index in [0.717, 1.165) is 56.7 Å². The smallest absolute Gasteiger partial charge is 0.297 e. The molecule has 1 saturated heterocycles. The molecule has 1 amide bonds. The molecule has 0 radical (unpaired) electrons. The van der Waals surface area contributed by atoms with Crippen molar-refractivity contribution in [2.24, 2.45) is 5.73 Å². The SMILES string of the molecule is CC#CC#CC#CC#CC#CC#CC#CC#CC#CC#CC#CC(=O)N[C@@H](CSC1OC(COCCCCCCN)C(O)C(O)C1O)[C@H](O)[C@H](O)CCCCCCCCCCCCCC. The van der Waals surface area contributed by atoms with Crippen LogP contribution in [-0.2, 0) is 14.3 Å². The number of hydrogen-bond donors (Lipinski definition) is 7. The lowest BCUT2D eigenvalue weighted by Crippen LogP contribution is -2.58. The minimum Gasteiger partial charge on any atom is -0.390 e. The van der Waals surface area contributed by atoms with Crippen LogP contribution in [0.3, 0.4) is 0 Å². The molecule has 1 rings (SSSR count). The van der Waals surface area contributed by atoms with Crippen molar-refractivity contribution in [3.63, 3.8) is 0 Å². The Labute approximate surface area is 393 Å². The summed E-state index contributed by atoms with van der Waals surface area (Å²) in [5, 5.41) is 56.9. The van der Waals surface area contributed by atoms with Crippen LogP contribution in [0.15, 0.2) is 0 Å². The van der Waals surface area contributed by atoms with Gasteiger partial charge in [0.1, 0.15) is 36.0 Å². The van der Waals surface area contributed by atoms with Gasteiger partial charge < -0.3 is 46.1 Å². The summed E-state index contributed by atoms with van der Waals surface area (Å²) in [5.74, 6) is 54.1. The van der Waals surface area contributed by atoms with Gasteiger partial charge in [-0.05, 0) is 127 Å². The van der Waals surface area contributed by atoms with Crippen LogP contribution in [0.25, 0.3) is 0 Å². The Morgan fingerprint density at radius 1 is 0.615 bits per heavy atom. The minimum atomic E-state index is -1.52. The van der Waals surface area contributed by atoms with Crippen molar-refractivity contribution in [1.29, 1.82) is 0 Å². The Hall–Kier alpha value is -5.34. The van der Waals surface area contributed by atoms with Gasteiger partial charge in [-0.3, -0.25) is 4.79 Å². The van der Waals surface area contributed by atoms with Crippen molar-refractivity contribution in [3.05, 3.63) is 0 Å². The maximum absolute atomic E-state index is 12.9. The van der Waals surface area contributed by atoms with E-state index in [1.54, 1.807) is 6.92 Å². The summed E-state index contributed by atoms with van der Waals surface area (Å²) in [6.07, 6.45) is 10.1. The molecule has 0 bridgehead atoms. The highest BCUT2D eigenvalue weighted by atomic mass is 32.2.